The molecule has 6 aromatic carbocycles. The predicted octanol–water partition coefficient (Wildman–Crippen LogP) is 10.6. The van der Waals surface area contributed by atoms with Crippen LogP contribution in [-0.2, 0) is 0 Å². The summed E-state index contributed by atoms with van der Waals surface area (Å²) in [5, 5.41) is 9.57. The number of fused-ring (bicyclic) bond motifs is 5. The first kappa shape index (κ1) is 24.6. The molecule has 3 heteroatoms. The minimum Gasteiger partial charge on any atom is -0.309 e. The van der Waals surface area contributed by atoms with Crippen molar-refractivity contribution in [3.63, 3.8) is 0 Å². The van der Waals surface area contributed by atoms with E-state index in [9.17, 15) is 0 Å². The molecule has 9 aromatic rings. The summed E-state index contributed by atoms with van der Waals surface area (Å²) in [7, 11) is 0. The Kier molecular flexibility index (Phi) is 5.50. The van der Waals surface area contributed by atoms with E-state index in [1.165, 1.54) is 54.8 Å². The van der Waals surface area contributed by atoms with E-state index < -0.39 is 0 Å². The number of nitrogens with zero attached hydrogens (tertiary/aromatic N) is 3. The second-order valence-corrected chi connectivity index (χ2v) is 11.4. The quantitative estimate of drug-likeness (QED) is 0.209. The van der Waals surface area contributed by atoms with Gasteiger partial charge in [0, 0.05) is 33.6 Å². The van der Waals surface area contributed by atoms with Gasteiger partial charge in [-0.3, -0.25) is 0 Å². The van der Waals surface area contributed by atoms with Crippen LogP contribution in [0.4, 0.5) is 0 Å². The maximum Gasteiger partial charge on any atom is 0.0746 e. The van der Waals surface area contributed by atoms with Crippen LogP contribution in [-0.4, -0.2) is 14.2 Å². The molecule has 0 amide bonds. The van der Waals surface area contributed by atoms with Gasteiger partial charge in [-0.05, 0) is 75.7 Å². The van der Waals surface area contributed by atoms with Gasteiger partial charge in [-0.2, -0.15) is 5.10 Å². The van der Waals surface area contributed by atoms with Crippen LogP contribution < -0.4 is 0 Å². The van der Waals surface area contributed by atoms with E-state index in [-0.39, 0.29) is 0 Å². The van der Waals surface area contributed by atoms with Crippen molar-refractivity contribution in [2.24, 2.45) is 0 Å². The predicted molar refractivity (Wildman–Crippen MR) is 183 cm³/mol. The summed E-state index contributed by atoms with van der Waals surface area (Å²) in [6.07, 6.45) is 4.08. The largest absolute Gasteiger partial charge is 0.309 e. The first-order chi connectivity index (χ1) is 21.8. The summed E-state index contributed by atoms with van der Waals surface area (Å²) in [5.41, 5.74) is 11.8. The first-order valence-corrected chi connectivity index (χ1v) is 15.0. The molecule has 0 aliphatic carbocycles. The van der Waals surface area contributed by atoms with Crippen LogP contribution in [0, 0.1) is 0 Å². The van der Waals surface area contributed by atoms with Crippen molar-refractivity contribution in [3.8, 4) is 39.1 Å². The Balaban J connectivity index is 1.21. The second-order valence-electron chi connectivity index (χ2n) is 11.4. The van der Waals surface area contributed by atoms with Gasteiger partial charge in [-0.25, -0.2) is 4.52 Å². The van der Waals surface area contributed by atoms with Gasteiger partial charge in [-0.1, -0.05) is 109 Å². The highest BCUT2D eigenvalue weighted by atomic mass is 15.2. The lowest BCUT2D eigenvalue weighted by atomic mass is 10.0. The summed E-state index contributed by atoms with van der Waals surface area (Å²) < 4.78 is 4.37. The summed E-state index contributed by atoms with van der Waals surface area (Å²) >= 11 is 0. The van der Waals surface area contributed by atoms with Gasteiger partial charge in [0.15, 0.2) is 0 Å². The van der Waals surface area contributed by atoms with Crippen LogP contribution in [0.25, 0.3) is 77.2 Å². The van der Waals surface area contributed by atoms with Crippen LogP contribution in [0.3, 0.4) is 0 Å². The van der Waals surface area contributed by atoms with E-state index in [2.05, 4.69) is 168 Å². The SMILES string of the molecule is c1ccc(-c2ccc3c(c2)c2cc(-c4ccccc4)ccc2n3-c2ccc(-c3cnn4cc5ccccc5cc34)cc2)cc1. The normalized spacial score (nSPS) is 11.6. The number of hydrogen-bond acceptors (Lipinski definition) is 1. The fourth-order valence-electron chi connectivity index (χ4n) is 6.59. The first-order valence-electron chi connectivity index (χ1n) is 15.0. The zero-order chi connectivity index (χ0) is 29.0. The Bertz CT molecular complexity index is 2370. The molecular weight excluding hydrogens is 534 g/mol. The van der Waals surface area contributed by atoms with Gasteiger partial charge in [0.05, 0.1) is 22.7 Å². The zero-order valence-electron chi connectivity index (χ0n) is 23.9. The second kappa shape index (κ2) is 9.82. The Morgan fingerprint density at radius 1 is 0.409 bits per heavy atom. The van der Waals surface area contributed by atoms with Gasteiger partial charge in [0.25, 0.3) is 0 Å². The molecule has 0 radical (unpaired) electrons. The van der Waals surface area contributed by atoms with Crippen molar-refractivity contribution in [2.75, 3.05) is 0 Å². The molecule has 0 saturated carbocycles. The van der Waals surface area contributed by atoms with Crippen LogP contribution >= 0.6 is 0 Å². The number of rotatable bonds is 4. The number of hydrogen-bond donors (Lipinski definition) is 0. The van der Waals surface area contributed by atoms with Crippen LogP contribution in [0.2, 0.25) is 0 Å². The van der Waals surface area contributed by atoms with E-state index in [0.717, 1.165) is 22.3 Å². The lowest BCUT2D eigenvalue weighted by Crippen LogP contribution is -1.94. The summed E-state index contributed by atoms with van der Waals surface area (Å²) in [4.78, 5) is 0. The Morgan fingerprint density at radius 2 is 0.955 bits per heavy atom. The fourth-order valence-corrected chi connectivity index (χ4v) is 6.59. The molecule has 0 aliphatic heterocycles. The van der Waals surface area contributed by atoms with Crippen molar-refractivity contribution in [1.82, 2.24) is 14.2 Å². The average molecular weight is 562 g/mol. The average Bonchev–Trinajstić information content (AvgIpc) is 3.66. The van der Waals surface area contributed by atoms with Crippen molar-refractivity contribution in [1.29, 1.82) is 0 Å². The highest BCUT2D eigenvalue weighted by Crippen LogP contribution is 2.38. The van der Waals surface area contributed by atoms with E-state index in [0.29, 0.717) is 0 Å². The molecule has 44 heavy (non-hydrogen) atoms. The van der Waals surface area contributed by atoms with Gasteiger partial charge in [0.2, 0.25) is 0 Å². The van der Waals surface area contributed by atoms with Crippen molar-refractivity contribution in [3.05, 3.63) is 164 Å². The Hall–Kier alpha value is -5.93. The number of pyridine rings is 1. The third-order valence-corrected chi connectivity index (χ3v) is 8.80. The molecule has 0 aliphatic rings. The van der Waals surface area contributed by atoms with Crippen LogP contribution in [0.1, 0.15) is 0 Å². The monoisotopic (exact) mass is 561 g/mol. The summed E-state index contributed by atoms with van der Waals surface area (Å²) in [5.74, 6) is 0. The van der Waals surface area contributed by atoms with Gasteiger partial charge in [0.1, 0.15) is 0 Å². The molecule has 0 spiro atoms. The molecule has 0 saturated heterocycles. The molecule has 3 aromatic heterocycles. The third kappa shape index (κ3) is 3.94. The van der Waals surface area contributed by atoms with E-state index >= 15 is 0 Å². The standard InChI is InChI=1S/C41H27N3/c1-3-9-28(10-4-1)32-17-21-39-36(23-32)37-24-33(29-11-5-2-6-12-29)18-22-40(37)44(39)35-19-15-30(16-20-35)38-26-42-43-27-34-14-8-7-13-31(34)25-41(38)43/h1-27H. The molecule has 0 bridgehead atoms. The van der Waals surface area contributed by atoms with Crippen molar-refractivity contribution in [2.45, 2.75) is 0 Å². The van der Waals surface area contributed by atoms with Crippen molar-refractivity contribution < 1.29 is 0 Å². The van der Waals surface area contributed by atoms with Gasteiger partial charge in [-0.15, -0.1) is 0 Å². The number of aromatic nitrogens is 3. The van der Waals surface area contributed by atoms with Gasteiger partial charge >= 0.3 is 0 Å². The molecule has 0 atom stereocenters. The minimum absolute atomic E-state index is 1.11. The molecule has 0 fully saturated rings. The smallest absolute Gasteiger partial charge is 0.0746 e. The molecular formula is C41H27N3. The van der Waals surface area contributed by atoms with E-state index in [1.807, 2.05) is 10.7 Å². The lowest BCUT2D eigenvalue weighted by Gasteiger charge is -2.10. The molecule has 3 nitrogen and oxygen atoms in total. The summed E-state index contributed by atoms with van der Waals surface area (Å²) in [6.45, 7) is 0. The molecule has 9 rings (SSSR count). The van der Waals surface area contributed by atoms with Crippen molar-refractivity contribution >= 4 is 38.1 Å². The van der Waals surface area contributed by atoms with E-state index in [1.54, 1.807) is 0 Å². The highest BCUT2D eigenvalue weighted by Gasteiger charge is 2.15. The highest BCUT2D eigenvalue weighted by molar-refractivity contribution is 6.11. The maximum atomic E-state index is 4.68. The van der Waals surface area contributed by atoms with Gasteiger partial charge < -0.3 is 4.57 Å². The lowest BCUT2D eigenvalue weighted by molar-refractivity contribution is 0.970. The van der Waals surface area contributed by atoms with Crippen LogP contribution in [0.15, 0.2) is 164 Å². The third-order valence-electron chi connectivity index (χ3n) is 8.80. The Morgan fingerprint density at radius 3 is 1.57 bits per heavy atom. The molecule has 0 unspecified atom stereocenters. The summed E-state index contributed by atoms with van der Waals surface area (Å²) in [6, 6.07) is 54.5. The fraction of sp³-hybridized carbons (Fsp3) is 0. The van der Waals surface area contributed by atoms with E-state index in [4.69, 9.17) is 0 Å². The Labute approximate surface area is 254 Å². The number of benzene rings is 6. The molecule has 0 N–H and O–H groups in total. The topological polar surface area (TPSA) is 22.2 Å². The zero-order valence-corrected chi connectivity index (χ0v) is 23.9. The minimum atomic E-state index is 1.11. The van der Waals surface area contributed by atoms with Crippen LogP contribution in [0.5, 0.6) is 0 Å². The maximum absolute atomic E-state index is 4.68. The molecule has 206 valence electrons. The molecule has 3 heterocycles.